The number of amides is 2. The third kappa shape index (κ3) is 2.57. The standard InChI is InChI=1S/C16H13BrN2O3/c17-11-6-2-1-5-10(11)16(21)19-9-14(15(18)20)22-13-8-4-3-7-12(13)19/h1-8,14H,9H2,(H2,18,20). The van der Waals surface area contributed by atoms with Gasteiger partial charge in [-0.1, -0.05) is 24.3 Å². The number of ether oxygens (including phenoxy) is 1. The molecule has 112 valence electrons. The molecule has 0 spiro atoms. The highest BCUT2D eigenvalue weighted by Gasteiger charge is 2.33. The van der Waals surface area contributed by atoms with Crippen LogP contribution in [0.1, 0.15) is 10.4 Å². The molecule has 3 rings (SSSR count). The minimum absolute atomic E-state index is 0.0898. The summed E-state index contributed by atoms with van der Waals surface area (Å²) in [4.78, 5) is 25.8. The van der Waals surface area contributed by atoms with E-state index in [4.69, 9.17) is 10.5 Å². The number of carbonyl (C=O) groups is 2. The molecule has 1 heterocycles. The van der Waals surface area contributed by atoms with E-state index < -0.39 is 12.0 Å². The molecule has 5 nitrogen and oxygen atoms in total. The van der Waals surface area contributed by atoms with Gasteiger partial charge in [-0.2, -0.15) is 0 Å². The van der Waals surface area contributed by atoms with Gasteiger partial charge in [-0.15, -0.1) is 0 Å². The van der Waals surface area contributed by atoms with Crippen molar-refractivity contribution in [2.45, 2.75) is 6.10 Å². The molecule has 0 fully saturated rings. The summed E-state index contributed by atoms with van der Waals surface area (Å²) in [6.07, 6.45) is -0.860. The predicted octanol–water partition coefficient (Wildman–Crippen LogP) is 2.34. The molecule has 1 aliphatic rings. The van der Waals surface area contributed by atoms with Crippen molar-refractivity contribution in [2.75, 3.05) is 11.4 Å². The molecular weight excluding hydrogens is 348 g/mol. The van der Waals surface area contributed by atoms with Crippen LogP contribution >= 0.6 is 15.9 Å². The van der Waals surface area contributed by atoms with Crippen LogP contribution in [0.2, 0.25) is 0 Å². The van der Waals surface area contributed by atoms with Crippen molar-refractivity contribution in [1.29, 1.82) is 0 Å². The molecule has 0 aromatic heterocycles. The van der Waals surface area contributed by atoms with E-state index in [0.29, 0.717) is 21.5 Å². The van der Waals surface area contributed by atoms with E-state index in [0.717, 1.165) is 0 Å². The normalized spacial score (nSPS) is 16.6. The lowest BCUT2D eigenvalue weighted by Crippen LogP contribution is -2.49. The Hall–Kier alpha value is -2.34. The summed E-state index contributed by atoms with van der Waals surface area (Å²) in [5.41, 5.74) is 6.49. The van der Waals surface area contributed by atoms with Crippen LogP contribution in [0.25, 0.3) is 0 Å². The van der Waals surface area contributed by atoms with Crippen molar-refractivity contribution >= 4 is 33.4 Å². The van der Waals surface area contributed by atoms with Crippen LogP contribution in [0.4, 0.5) is 5.69 Å². The number of hydrogen-bond acceptors (Lipinski definition) is 3. The number of hydrogen-bond donors (Lipinski definition) is 1. The molecule has 0 bridgehead atoms. The zero-order chi connectivity index (χ0) is 15.7. The van der Waals surface area contributed by atoms with Gasteiger partial charge >= 0.3 is 0 Å². The summed E-state index contributed by atoms with van der Waals surface area (Å²) in [5.74, 6) is -0.341. The number of anilines is 1. The summed E-state index contributed by atoms with van der Waals surface area (Å²) in [6, 6.07) is 14.2. The maximum atomic E-state index is 12.8. The highest BCUT2D eigenvalue weighted by molar-refractivity contribution is 9.10. The highest BCUT2D eigenvalue weighted by atomic mass is 79.9. The quantitative estimate of drug-likeness (QED) is 0.893. The number of nitrogens with zero attached hydrogens (tertiary/aromatic N) is 1. The second kappa shape index (κ2) is 5.81. The first-order chi connectivity index (χ1) is 10.6. The zero-order valence-electron chi connectivity index (χ0n) is 11.5. The largest absolute Gasteiger partial charge is 0.477 e. The van der Waals surface area contributed by atoms with Gasteiger partial charge in [-0.05, 0) is 40.2 Å². The molecule has 0 radical (unpaired) electrons. The molecule has 1 unspecified atom stereocenters. The number of nitrogens with two attached hydrogens (primary N) is 1. The van der Waals surface area contributed by atoms with Gasteiger partial charge in [0.1, 0.15) is 5.75 Å². The average Bonchev–Trinajstić information content (AvgIpc) is 2.53. The topological polar surface area (TPSA) is 72.6 Å². The van der Waals surface area contributed by atoms with E-state index in [1.807, 2.05) is 12.1 Å². The second-order valence-corrected chi connectivity index (χ2v) is 5.73. The fourth-order valence-corrected chi connectivity index (χ4v) is 2.81. The first-order valence-electron chi connectivity index (χ1n) is 6.69. The first kappa shape index (κ1) is 14.6. The van der Waals surface area contributed by atoms with Crippen LogP contribution in [0.3, 0.4) is 0 Å². The summed E-state index contributed by atoms with van der Waals surface area (Å²) < 4.78 is 6.25. The van der Waals surface area contributed by atoms with Gasteiger partial charge in [0.2, 0.25) is 0 Å². The molecule has 0 aliphatic carbocycles. The summed E-state index contributed by atoms with van der Waals surface area (Å²) in [7, 11) is 0. The third-order valence-electron chi connectivity index (χ3n) is 3.44. The van der Waals surface area contributed by atoms with Gasteiger partial charge in [-0.3, -0.25) is 9.59 Å². The van der Waals surface area contributed by atoms with Gasteiger partial charge in [0.05, 0.1) is 17.8 Å². The Bertz CT molecular complexity index is 748. The maximum Gasteiger partial charge on any atom is 0.260 e. The summed E-state index contributed by atoms with van der Waals surface area (Å²) >= 11 is 3.38. The molecule has 2 aromatic rings. The van der Waals surface area contributed by atoms with E-state index in [1.165, 1.54) is 4.90 Å². The van der Waals surface area contributed by atoms with Gasteiger partial charge in [0, 0.05) is 4.47 Å². The lowest BCUT2D eigenvalue weighted by molar-refractivity contribution is -0.124. The molecule has 0 saturated heterocycles. The zero-order valence-corrected chi connectivity index (χ0v) is 13.1. The molecule has 22 heavy (non-hydrogen) atoms. The predicted molar refractivity (Wildman–Crippen MR) is 85.9 cm³/mol. The summed E-state index contributed by atoms with van der Waals surface area (Å²) in [6.45, 7) is 0.0898. The van der Waals surface area contributed by atoms with Crippen molar-refractivity contribution in [3.8, 4) is 5.75 Å². The van der Waals surface area contributed by atoms with Crippen molar-refractivity contribution in [2.24, 2.45) is 5.73 Å². The van der Waals surface area contributed by atoms with Crippen molar-refractivity contribution < 1.29 is 14.3 Å². The van der Waals surface area contributed by atoms with Crippen LogP contribution in [-0.4, -0.2) is 24.5 Å². The Morgan fingerprint density at radius 3 is 2.55 bits per heavy atom. The monoisotopic (exact) mass is 360 g/mol. The second-order valence-electron chi connectivity index (χ2n) is 4.87. The highest BCUT2D eigenvalue weighted by Crippen LogP contribution is 2.34. The van der Waals surface area contributed by atoms with E-state index in [1.54, 1.807) is 36.4 Å². The molecule has 2 N–H and O–H groups in total. The van der Waals surface area contributed by atoms with Gasteiger partial charge < -0.3 is 15.4 Å². The fourth-order valence-electron chi connectivity index (χ4n) is 2.35. The Morgan fingerprint density at radius 2 is 1.82 bits per heavy atom. The fraction of sp³-hybridized carbons (Fsp3) is 0.125. The minimum Gasteiger partial charge on any atom is -0.477 e. The van der Waals surface area contributed by atoms with Crippen molar-refractivity contribution in [1.82, 2.24) is 0 Å². The molecule has 2 amide bonds. The molecule has 6 heteroatoms. The van der Waals surface area contributed by atoms with E-state index in [9.17, 15) is 9.59 Å². The molecule has 1 aliphatic heterocycles. The SMILES string of the molecule is NC(=O)C1CN(C(=O)c2ccccc2Br)c2ccccc2O1. The summed E-state index contributed by atoms with van der Waals surface area (Å²) in [5, 5.41) is 0. The molecule has 1 atom stereocenters. The molecule has 2 aromatic carbocycles. The van der Waals surface area contributed by atoms with Gasteiger partial charge in [0.25, 0.3) is 11.8 Å². The van der Waals surface area contributed by atoms with Crippen LogP contribution < -0.4 is 15.4 Å². The maximum absolute atomic E-state index is 12.8. The number of primary amides is 1. The van der Waals surface area contributed by atoms with Gasteiger partial charge in [0.15, 0.2) is 6.10 Å². The van der Waals surface area contributed by atoms with E-state index in [-0.39, 0.29) is 12.5 Å². The Morgan fingerprint density at radius 1 is 1.14 bits per heavy atom. The Balaban J connectivity index is 2.03. The number of para-hydroxylation sites is 2. The molecule has 0 saturated carbocycles. The number of fused-ring (bicyclic) bond motifs is 1. The first-order valence-corrected chi connectivity index (χ1v) is 7.48. The average molecular weight is 361 g/mol. The van der Waals surface area contributed by atoms with Crippen molar-refractivity contribution in [3.05, 3.63) is 58.6 Å². The number of carbonyl (C=O) groups excluding carboxylic acids is 2. The number of halogens is 1. The Kier molecular flexibility index (Phi) is 3.85. The lowest BCUT2D eigenvalue weighted by atomic mass is 10.1. The van der Waals surface area contributed by atoms with Crippen molar-refractivity contribution in [3.63, 3.8) is 0 Å². The Labute approximate surface area is 135 Å². The van der Waals surface area contributed by atoms with Crippen LogP contribution in [0.15, 0.2) is 53.0 Å². The van der Waals surface area contributed by atoms with Crippen LogP contribution in [0.5, 0.6) is 5.75 Å². The smallest absolute Gasteiger partial charge is 0.260 e. The van der Waals surface area contributed by atoms with Crippen LogP contribution in [-0.2, 0) is 4.79 Å². The van der Waals surface area contributed by atoms with E-state index >= 15 is 0 Å². The van der Waals surface area contributed by atoms with Crippen LogP contribution in [0, 0.1) is 0 Å². The molecular formula is C16H13BrN2O3. The number of rotatable bonds is 2. The van der Waals surface area contributed by atoms with E-state index in [2.05, 4.69) is 15.9 Å². The third-order valence-corrected chi connectivity index (χ3v) is 4.13. The number of benzene rings is 2. The minimum atomic E-state index is -0.860. The van der Waals surface area contributed by atoms with Gasteiger partial charge in [-0.25, -0.2) is 0 Å². The lowest BCUT2D eigenvalue weighted by Gasteiger charge is -2.33.